The van der Waals surface area contributed by atoms with E-state index in [1.54, 1.807) is 18.3 Å². The second-order valence-electron chi connectivity index (χ2n) is 7.64. The van der Waals surface area contributed by atoms with Gasteiger partial charge in [-0.3, -0.25) is 4.79 Å². The highest BCUT2D eigenvalue weighted by Gasteiger charge is 2.29. The maximum Gasteiger partial charge on any atom is 0.322 e. The zero-order valence-electron chi connectivity index (χ0n) is 16.1. The fraction of sp³-hybridized carbons (Fsp3) is 0.174. The van der Waals surface area contributed by atoms with Crippen LogP contribution >= 0.6 is 0 Å². The van der Waals surface area contributed by atoms with Crippen LogP contribution in [0.5, 0.6) is 0 Å². The number of nitrogens with one attached hydrogen (secondary N) is 2. The van der Waals surface area contributed by atoms with E-state index in [2.05, 4.69) is 9.71 Å². The lowest BCUT2D eigenvalue weighted by atomic mass is 10.1. The predicted octanol–water partition coefficient (Wildman–Crippen LogP) is 3.39. The number of hydrogen-bond acceptors (Lipinski definition) is 3. The van der Waals surface area contributed by atoms with Crippen LogP contribution in [-0.2, 0) is 34.1 Å². The summed E-state index contributed by atoms with van der Waals surface area (Å²) in [6.07, 6.45) is 3.55. The van der Waals surface area contributed by atoms with Crippen molar-refractivity contribution in [3.8, 4) is 0 Å². The Kier molecular flexibility index (Phi) is 4.38. The van der Waals surface area contributed by atoms with Gasteiger partial charge < -0.3 is 10.1 Å². The fourth-order valence-electron chi connectivity index (χ4n) is 4.40. The summed E-state index contributed by atoms with van der Waals surface area (Å²) in [6.45, 7) is 0. The Bertz CT molecular complexity index is 1400. The van der Waals surface area contributed by atoms with Crippen LogP contribution in [0.3, 0.4) is 0 Å². The number of para-hydroxylation sites is 1. The molecule has 0 amide bonds. The van der Waals surface area contributed by atoms with Crippen molar-refractivity contribution in [3.05, 3.63) is 77.5 Å². The summed E-state index contributed by atoms with van der Waals surface area (Å²) in [5, 5.41) is 12.2. The van der Waals surface area contributed by atoms with Crippen LogP contribution < -0.4 is 4.72 Å². The molecule has 0 fully saturated rings. The maximum atomic E-state index is 13.2. The molecule has 1 aliphatic rings. The summed E-state index contributed by atoms with van der Waals surface area (Å²) in [6, 6.07) is 15.3. The second-order valence-corrected chi connectivity index (χ2v) is 9.32. The van der Waals surface area contributed by atoms with Gasteiger partial charge >= 0.3 is 5.97 Å². The number of carboxylic acids is 1. The summed E-state index contributed by atoms with van der Waals surface area (Å²) in [7, 11) is -4.03. The van der Waals surface area contributed by atoms with Crippen molar-refractivity contribution >= 4 is 37.7 Å². The lowest BCUT2D eigenvalue weighted by Crippen LogP contribution is -2.42. The topological polar surface area (TPSA) is 99.3 Å². The van der Waals surface area contributed by atoms with Crippen LogP contribution in [0.2, 0.25) is 0 Å². The Morgan fingerprint density at radius 2 is 1.73 bits per heavy atom. The van der Waals surface area contributed by atoms with Crippen molar-refractivity contribution in [1.29, 1.82) is 0 Å². The molecule has 1 aliphatic carbocycles. The number of hydrogen-bond donors (Lipinski definition) is 3. The molecule has 3 N–H and O–H groups in total. The monoisotopic (exact) mass is 420 g/mol. The molecule has 7 heteroatoms. The first-order valence-corrected chi connectivity index (χ1v) is 11.3. The maximum absolute atomic E-state index is 13.2. The largest absolute Gasteiger partial charge is 0.480 e. The Morgan fingerprint density at radius 3 is 2.53 bits per heavy atom. The highest BCUT2D eigenvalue weighted by Crippen LogP contribution is 2.34. The number of sulfonamides is 1. The van der Waals surface area contributed by atoms with Crippen molar-refractivity contribution in [1.82, 2.24) is 9.71 Å². The van der Waals surface area contributed by atoms with E-state index >= 15 is 0 Å². The standard InChI is InChI=1S/C23H20N2O4S/c26-23(27)20(12-16-13-24-19-7-2-1-5-17(16)19)25-30(28,29)21-11-10-15-9-8-14-4-3-6-18(21)22(14)15/h1-7,10-11,13,20,24-25H,8-9,12H2,(H,26,27). The SMILES string of the molecule is O=C(O)C(Cc1c[nH]c2ccccc12)NS(=O)(=O)c1ccc2c3c(cccc13)CC2. The molecule has 5 rings (SSSR count). The molecule has 0 saturated carbocycles. The van der Waals surface area contributed by atoms with Gasteiger partial charge in [0, 0.05) is 28.9 Å². The van der Waals surface area contributed by atoms with E-state index in [1.165, 1.54) is 0 Å². The number of aliphatic carboxylic acids is 1. The van der Waals surface area contributed by atoms with E-state index in [4.69, 9.17) is 0 Å². The van der Waals surface area contributed by atoms with Gasteiger partial charge in [0.1, 0.15) is 6.04 Å². The second kappa shape index (κ2) is 6.97. The number of carbonyl (C=O) groups is 1. The number of carboxylic acid groups (broad SMARTS) is 1. The Morgan fingerprint density at radius 1 is 1.00 bits per heavy atom. The van der Waals surface area contributed by atoms with Crippen molar-refractivity contribution in [2.45, 2.75) is 30.2 Å². The first-order valence-electron chi connectivity index (χ1n) is 9.77. The molecule has 1 atom stereocenters. The van der Waals surface area contributed by atoms with Crippen LogP contribution in [0.15, 0.2) is 65.7 Å². The zero-order valence-corrected chi connectivity index (χ0v) is 16.9. The predicted molar refractivity (Wildman–Crippen MR) is 115 cm³/mol. The van der Waals surface area contributed by atoms with Gasteiger partial charge in [0.25, 0.3) is 0 Å². The summed E-state index contributed by atoms with van der Waals surface area (Å²) >= 11 is 0. The van der Waals surface area contributed by atoms with Gasteiger partial charge in [-0.15, -0.1) is 0 Å². The summed E-state index contributed by atoms with van der Waals surface area (Å²) in [5.74, 6) is -1.21. The molecular weight excluding hydrogens is 400 g/mol. The molecule has 0 spiro atoms. The Hall–Kier alpha value is -3.16. The van der Waals surface area contributed by atoms with Gasteiger partial charge in [0.15, 0.2) is 0 Å². The molecule has 1 unspecified atom stereocenters. The molecule has 1 heterocycles. The van der Waals surface area contributed by atoms with Crippen molar-refractivity contribution in [2.75, 3.05) is 0 Å². The fourth-order valence-corrected chi connectivity index (χ4v) is 5.80. The molecule has 0 saturated heterocycles. The van der Waals surface area contributed by atoms with E-state index < -0.39 is 22.0 Å². The third-order valence-corrected chi connectivity index (χ3v) is 7.35. The first-order chi connectivity index (χ1) is 14.4. The molecular formula is C23H20N2O4S. The minimum Gasteiger partial charge on any atom is -0.480 e. The number of fused-ring (bicyclic) bond motifs is 1. The quantitative estimate of drug-likeness (QED) is 0.445. The average Bonchev–Trinajstić information content (AvgIpc) is 3.33. The number of aromatic nitrogens is 1. The molecule has 1 aromatic heterocycles. The first kappa shape index (κ1) is 18.8. The number of aromatic amines is 1. The minimum absolute atomic E-state index is 0.0415. The van der Waals surface area contributed by atoms with Crippen LogP contribution in [0.25, 0.3) is 21.7 Å². The summed E-state index contributed by atoms with van der Waals surface area (Å²) in [5.41, 5.74) is 3.90. The lowest BCUT2D eigenvalue weighted by molar-refractivity contribution is -0.138. The van der Waals surface area contributed by atoms with E-state index in [1.807, 2.05) is 42.5 Å². The van der Waals surface area contributed by atoms with Gasteiger partial charge in [0.05, 0.1) is 4.90 Å². The van der Waals surface area contributed by atoms with Crippen molar-refractivity contribution in [3.63, 3.8) is 0 Å². The van der Waals surface area contributed by atoms with Crippen molar-refractivity contribution < 1.29 is 18.3 Å². The average molecular weight is 420 g/mol. The van der Waals surface area contributed by atoms with Crippen LogP contribution in [0.1, 0.15) is 16.7 Å². The number of aryl methyl sites for hydroxylation is 2. The lowest BCUT2D eigenvalue weighted by Gasteiger charge is -2.16. The van der Waals surface area contributed by atoms with Gasteiger partial charge in [-0.25, -0.2) is 8.42 Å². The Labute approximate surface area is 173 Å². The molecule has 0 bridgehead atoms. The van der Waals surface area contributed by atoms with Gasteiger partial charge in [-0.1, -0.05) is 42.5 Å². The third kappa shape index (κ3) is 3.07. The summed E-state index contributed by atoms with van der Waals surface area (Å²) in [4.78, 5) is 15.1. The van der Waals surface area contributed by atoms with E-state index in [0.717, 1.165) is 45.8 Å². The highest BCUT2D eigenvalue weighted by atomic mass is 32.2. The highest BCUT2D eigenvalue weighted by molar-refractivity contribution is 7.89. The summed E-state index contributed by atoms with van der Waals surface area (Å²) < 4.78 is 28.9. The van der Waals surface area contributed by atoms with Gasteiger partial charge in [-0.2, -0.15) is 4.72 Å². The van der Waals surface area contributed by atoms with Crippen molar-refractivity contribution in [2.24, 2.45) is 0 Å². The van der Waals surface area contributed by atoms with Crippen LogP contribution in [0, 0.1) is 0 Å². The molecule has 4 aromatic rings. The molecule has 3 aromatic carbocycles. The van der Waals surface area contributed by atoms with Crippen LogP contribution in [-0.4, -0.2) is 30.5 Å². The molecule has 0 aliphatic heterocycles. The number of H-pyrrole nitrogens is 1. The minimum atomic E-state index is -4.03. The molecule has 152 valence electrons. The smallest absolute Gasteiger partial charge is 0.322 e. The van der Waals surface area contributed by atoms with E-state index in [-0.39, 0.29) is 11.3 Å². The normalized spacial score (nSPS) is 14.4. The zero-order chi connectivity index (χ0) is 20.9. The van der Waals surface area contributed by atoms with E-state index in [0.29, 0.717) is 5.39 Å². The Balaban J connectivity index is 1.51. The van der Waals surface area contributed by atoms with E-state index in [9.17, 15) is 18.3 Å². The third-order valence-electron chi connectivity index (χ3n) is 5.82. The molecule has 6 nitrogen and oxygen atoms in total. The van der Waals surface area contributed by atoms with Gasteiger partial charge in [-0.05, 0) is 47.1 Å². The van der Waals surface area contributed by atoms with Gasteiger partial charge in [0.2, 0.25) is 10.0 Å². The van der Waals surface area contributed by atoms with Crippen LogP contribution in [0.4, 0.5) is 0 Å². The molecule has 30 heavy (non-hydrogen) atoms. The number of benzene rings is 3. The molecule has 0 radical (unpaired) electrons. The number of rotatable bonds is 6.